The van der Waals surface area contributed by atoms with Gasteiger partial charge in [0.1, 0.15) is 0 Å². The third-order valence-corrected chi connectivity index (χ3v) is 6.82. The Balaban J connectivity index is 1.88. The van der Waals surface area contributed by atoms with E-state index in [1.54, 1.807) is 24.3 Å². The summed E-state index contributed by atoms with van der Waals surface area (Å²) >= 11 is 11.8. The van der Waals surface area contributed by atoms with E-state index in [2.05, 4.69) is 5.32 Å². The number of nitrogens with one attached hydrogen (secondary N) is 1. The van der Waals surface area contributed by atoms with E-state index in [4.69, 9.17) is 23.2 Å². The van der Waals surface area contributed by atoms with Gasteiger partial charge in [-0.1, -0.05) is 47.5 Å². The molecule has 0 bridgehead atoms. The molecule has 0 radical (unpaired) electrons. The van der Waals surface area contributed by atoms with Gasteiger partial charge in [-0.25, -0.2) is 8.42 Å². The lowest BCUT2D eigenvalue weighted by atomic mass is 10.1. The first-order valence-electron chi connectivity index (χ1n) is 9.11. The molecule has 1 amide bonds. The smallest absolute Gasteiger partial charge is 0.243 e. The molecule has 0 aromatic heterocycles. The Morgan fingerprint density at radius 3 is 2.07 bits per heavy atom. The van der Waals surface area contributed by atoms with Gasteiger partial charge in [0.25, 0.3) is 0 Å². The number of aryl methyl sites for hydroxylation is 1. The standard InChI is InChI=1S/C22H20Cl2N2O3S/c1-16-4-2-3-5-17(16)14-26(30(28,29)21-12-8-19(24)9-13-21)15-22(27)25-20-10-6-18(23)7-11-20/h2-13H,14-15H2,1H3,(H,25,27). The van der Waals surface area contributed by atoms with Crippen molar-refractivity contribution in [2.24, 2.45) is 0 Å². The van der Waals surface area contributed by atoms with Crippen molar-refractivity contribution in [2.45, 2.75) is 18.4 Å². The molecule has 30 heavy (non-hydrogen) atoms. The van der Waals surface area contributed by atoms with Crippen LogP contribution in [0.5, 0.6) is 0 Å². The molecule has 5 nitrogen and oxygen atoms in total. The van der Waals surface area contributed by atoms with Crippen molar-refractivity contribution in [1.29, 1.82) is 0 Å². The van der Waals surface area contributed by atoms with Crippen molar-refractivity contribution in [2.75, 3.05) is 11.9 Å². The number of rotatable bonds is 7. The molecule has 0 aliphatic heterocycles. The van der Waals surface area contributed by atoms with Crippen molar-refractivity contribution in [3.05, 3.63) is 94.0 Å². The topological polar surface area (TPSA) is 66.5 Å². The molecule has 0 fully saturated rings. The van der Waals surface area contributed by atoms with Crippen LogP contribution < -0.4 is 5.32 Å². The number of anilines is 1. The molecular weight excluding hydrogens is 443 g/mol. The van der Waals surface area contributed by atoms with Crippen LogP contribution in [0.1, 0.15) is 11.1 Å². The summed E-state index contributed by atoms with van der Waals surface area (Å²) in [5.74, 6) is -0.455. The number of benzene rings is 3. The minimum absolute atomic E-state index is 0.0612. The van der Waals surface area contributed by atoms with Gasteiger partial charge >= 0.3 is 0 Å². The Morgan fingerprint density at radius 2 is 1.47 bits per heavy atom. The highest BCUT2D eigenvalue weighted by molar-refractivity contribution is 7.89. The molecule has 0 aliphatic rings. The molecule has 0 saturated carbocycles. The maximum atomic E-state index is 13.3. The first-order chi connectivity index (χ1) is 14.3. The van der Waals surface area contributed by atoms with Gasteiger partial charge in [0.2, 0.25) is 15.9 Å². The van der Waals surface area contributed by atoms with Crippen molar-refractivity contribution in [3.8, 4) is 0 Å². The van der Waals surface area contributed by atoms with Gasteiger partial charge in [0.15, 0.2) is 0 Å². The lowest BCUT2D eigenvalue weighted by Gasteiger charge is -2.23. The van der Waals surface area contributed by atoms with Crippen LogP contribution in [0.2, 0.25) is 10.0 Å². The number of sulfonamides is 1. The molecule has 0 spiro atoms. The summed E-state index contributed by atoms with van der Waals surface area (Å²) in [5, 5.41) is 3.68. The second-order valence-electron chi connectivity index (χ2n) is 6.71. The van der Waals surface area contributed by atoms with Crippen molar-refractivity contribution in [3.63, 3.8) is 0 Å². The van der Waals surface area contributed by atoms with Crippen LogP contribution in [0, 0.1) is 6.92 Å². The third-order valence-electron chi connectivity index (χ3n) is 4.51. The summed E-state index contributed by atoms with van der Waals surface area (Å²) in [6.45, 7) is 1.61. The van der Waals surface area contributed by atoms with E-state index in [9.17, 15) is 13.2 Å². The molecule has 0 atom stereocenters. The van der Waals surface area contributed by atoms with Gasteiger partial charge in [-0.2, -0.15) is 4.31 Å². The number of carbonyl (C=O) groups is 1. The van der Waals surface area contributed by atoms with Crippen LogP contribution in [0.25, 0.3) is 0 Å². The summed E-state index contributed by atoms with van der Waals surface area (Å²) in [7, 11) is -3.93. The number of hydrogen-bond acceptors (Lipinski definition) is 3. The Morgan fingerprint density at radius 1 is 0.900 bits per heavy atom. The first kappa shape index (κ1) is 22.3. The fourth-order valence-electron chi connectivity index (χ4n) is 2.85. The predicted octanol–water partition coefficient (Wildman–Crippen LogP) is 5.13. The quantitative estimate of drug-likeness (QED) is 0.528. The van der Waals surface area contributed by atoms with Gasteiger partial charge in [-0.05, 0) is 66.6 Å². The summed E-state index contributed by atoms with van der Waals surface area (Å²) in [5.41, 5.74) is 2.28. The molecule has 8 heteroatoms. The number of nitrogens with zero attached hydrogens (tertiary/aromatic N) is 1. The summed E-state index contributed by atoms with van der Waals surface area (Å²) in [6, 6.07) is 19.9. The summed E-state index contributed by atoms with van der Waals surface area (Å²) in [4.78, 5) is 12.7. The van der Waals surface area contributed by atoms with E-state index >= 15 is 0 Å². The Kier molecular flexibility index (Phi) is 7.15. The van der Waals surface area contributed by atoms with E-state index in [0.29, 0.717) is 15.7 Å². The van der Waals surface area contributed by atoms with Crippen LogP contribution in [-0.2, 0) is 21.4 Å². The van der Waals surface area contributed by atoms with Crippen LogP contribution in [-0.4, -0.2) is 25.2 Å². The molecule has 0 aliphatic carbocycles. The number of halogens is 2. The molecule has 0 heterocycles. The first-order valence-corrected chi connectivity index (χ1v) is 11.3. The zero-order chi connectivity index (χ0) is 21.7. The Bertz CT molecular complexity index is 1130. The van der Waals surface area contributed by atoms with Gasteiger partial charge in [0, 0.05) is 22.3 Å². The fourth-order valence-corrected chi connectivity index (χ4v) is 4.48. The van der Waals surface area contributed by atoms with Crippen molar-refractivity contribution in [1.82, 2.24) is 4.31 Å². The van der Waals surface area contributed by atoms with Gasteiger partial charge in [-0.3, -0.25) is 4.79 Å². The van der Waals surface area contributed by atoms with E-state index in [1.807, 2.05) is 31.2 Å². The minimum atomic E-state index is -3.93. The molecule has 0 saturated heterocycles. The van der Waals surface area contributed by atoms with Crippen LogP contribution >= 0.6 is 23.2 Å². The van der Waals surface area contributed by atoms with Crippen molar-refractivity contribution < 1.29 is 13.2 Å². The number of carbonyl (C=O) groups excluding carboxylic acids is 1. The SMILES string of the molecule is Cc1ccccc1CN(CC(=O)Nc1ccc(Cl)cc1)S(=O)(=O)c1ccc(Cl)cc1. The van der Waals surface area contributed by atoms with Crippen LogP contribution in [0.15, 0.2) is 77.7 Å². The highest BCUT2D eigenvalue weighted by Crippen LogP contribution is 2.22. The van der Waals surface area contributed by atoms with Crippen LogP contribution in [0.3, 0.4) is 0 Å². The summed E-state index contributed by atoms with van der Waals surface area (Å²) < 4.78 is 27.7. The molecule has 3 aromatic rings. The number of amides is 1. The molecule has 156 valence electrons. The largest absolute Gasteiger partial charge is 0.325 e. The average Bonchev–Trinajstić information content (AvgIpc) is 2.71. The van der Waals surface area contributed by atoms with Gasteiger partial charge in [0.05, 0.1) is 11.4 Å². The molecule has 3 rings (SSSR count). The zero-order valence-corrected chi connectivity index (χ0v) is 18.5. The number of hydrogen-bond donors (Lipinski definition) is 1. The highest BCUT2D eigenvalue weighted by atomic mass is 35.5. The lowest BCUT2D eigenvalue weighted by Crippen LogP contribution is -2.37. The normalized spacial score (nSPS) is 11.5. The third kappa shape index (κ3) is 5.61. The highest BCUT2D eigenvalue weighted by Gasteiger charge is 2.27. The van der Waals surface area contributed by atoms with E-state index in [0.717, 1.165) is 15.4 Å². The fraction of sp³-hybridized carbons (Fsp3) is 0.136. The summed E-state index contributed by atoms with van der Waals surface area (Å²) in [6.07, 6.45) is 0. The molecule has 3 aromatic carbocycles. The van der Waals surface area contributed by atoms with Gasteiger partial charge < -0.3 is 5.32 Å². The average molecular weight is 463 g/mol. The van der Waals surface area contributed by atoms with E-state index in [-0.39, 0.29) is 18.0 Å². The zero-order valence-electron chi connectivity index (χ0n) is 16.2. The monoisotopic (exact) mass is 462 g/mol. The second-order valence-corrected chi connectivity index (χ2v) is 9.52. The van der Waals surface area contributed by atoms with Crippen LogP contribution in [0.4, 0.5) is 5.69 Å². The van der Waals surface area contributed by atoms with Crippen molar-refractivity contribution >= 4 is 44.8 Å². The second kappa shape index (κ2) is 9.62. The predicted molar refractivity (Wildman–Crippen MR) is 120 cm³/mol. The Labute approximate surface area is 186 Å². The maximum absolute atomic E-state index is 13.3. The molecular formula is C22H20Cl2N2O3S. The van der Waals surface area contributed by atoms with Gasteiger partial charge in [-0.15, -0.1) is 0 Å². The molecule has 1 N–H and O–H groups in total. The minimum Gasteiger partial charge on any atom is -0.325 e. The van der Waals surface area contributed by atoms with E-state index in [1.165, 1.54) is 24.3 Å². The van der Waals surface area contributed by atoms with E-state index < -0.39 is 15.9 Å². The Hall–Kier alpha value is -2.38. The lowest BCUT2D eigenvalue weighted by molar-refractivity contribution is -0.116. The molecule has 0 unspecified atom stereocenters. The maximum Gasteiger partial charge on any atom is 0.243 e.